The quantitative estimate of drug-likeness (QED) is 0.777. The van der Waals surface area contributed by atoms with Crippen LogP contribution in [0.25, 0.3) is 21.5 Å². The maximum Gasteiger partial charge on any atom is 0.275 e. The Kier molecular flexibility index (Phi) is 3.01. The Morgan fingerprint density at radius 2 is 2.25 bits per heavy atom. The summed E-state index contributed by atoms with van der Waals surface area (Å²) in [6, 6.07) is 6.82. The molecule has 1 amide bonds. The third-order valence-electron chi connectivity index (χ3n) is 5.22. The maximum atomic E-state index is 13.0. The number of nitrogens with zero attached hydrogens (tertiary/aromatic N) is 4. The van der Waals surface area contributed by atoms with Crippen LogP contribution in [0.5, 0.6) is 0 Å². The summed E-state index contributed by atoms with van der Waals surface area (Å²) in [5.74, 6) is 0.0399. The number of carbonyl (C=O) groups excluding carboxylic acids is 1. The van der Waals surface area contributed by atoms with Crippen LogP contribution < -0.4 is 0 Å². The van der Waals surface area contributed by atoms with Crippen LogP contribution in [0.15, 0.2) is 29.8 Å². The predicted octanol–water partition coefficient (Wildman–Crippen LogP) is 2.21. The summed E-state index contributed by atoms with van der Waals surface area (Å²) < 4.78 is 0. The van der Waals surface area contributed by atoms with Crippen LogP contribution >= 0.6 is 11.3 Å². The SMILES string of the molecule is CN1CC2C[C@H]1CN2C(=O)c1n[nH]c2ccc(-c3nccs3)cc12. The smallest absolute Gasteiger partial charge is 0.275 e. The second-order valence-corrected chi connectivity index (χ2v) is 7.50. The lowest BCUT2D eigenvalue weighted by Gasteiger charge is -2.31. The highest BCUT2D eigenvalue weighted by atomic mass is 32.1. The van der Waals surface area contributed by atoms with Crippen LogP contribution in [0, 0.1) is 0 Å². The van der Waals surface area contributed by atoms with Crippen LogP contribution in [-0.2, 0) is 0 Å². The normalized spacial score (nSPS) is 23.5. The molecule has 6 nitrogen and oxygen atoms in total. The van der Waals surface area contributed by atoms with Crippen molar-refractivity contribution < 1.29 is 4.79 Å². The minimum absolute atomic E-state index is 0.0399. The van der Waals surface area contributed by atoms with Crippen LogP contribution in [0.1, 0.15) is 16.9 Å². The summed E-state index contributed by atoms with van der Waals surface area (Å²) in [6.07, 6.45) is 2.87. The highest BCUT2D eigenvalue weighted by molar-refractivity contribution is 7.13. The lowest BCUT2D eigenvalue weighted by Crippen LogP contribution is -2.47. The first-order valence-corrected chi connectivity index (χ1v) is 8.98. The monoisotopic (exact) mass is 339 g/mol. The fourth-order valence-electron chi connectivity index (χ4n) is 3.93. The van der Waals surface area contributed by atoms with Gasteiger partial charge in [0.1, 0.15) is 5.01 Å². The fourth-order valence-corrected chi connectivity index (χ4v) is 4.56. The number of aromatic amines is 1. The number of rotatable bonds is 2. The molecule has 1 aromatic carbocycles. The van der Waals surface area contributed by atoms with Crippen molar-refractivity contribution in [3.63, 3.8) is 0 Å². The largest absolute Gasteiger partial charge is 0.331 e. The summed E-state index contributed by atoms with van der Waals surface area (Å²) in [5.41, 5.74) is 2.44. The zero-order chi connectivity index (χ0) is 16.3. The van der Waals surface area contributed by atoms with Crippen molar-refractivity contribution in [3.8, 4) is 10.6 Å². The summed E-state index contributed by atoms with van der Waals surface area (Å²) in [5, 5.41) is 11.1. The third kappa shape index (κ3) is 2.01. The number of hydrogen-bond donors (Lipinski definition) is 1. The van der Waals surface area contributed by atoms with Gasteiger partial charge in [-0.25, -0.2) is 4.98 Å². The number of nitrogens with one attached hydrogen (secondary N) is 1. The van der Waals surface area contributed by atoms with E-state index >= 15 is 0 Å². The van der Waals surface area contributed by atoms with Crippen LogP contribution in [0.4, 0.5) is 0 Å². The first-order chi connectivity index (χ1) is 11.7. The fraction of sp³-hybridized carbons (Fsp3) is 0.353. The molecule has 5 rings (SSSR count). The molecule has 7 heteroatoms. The van der Waals surface area contributed by atoms with Crippen molar-refractivity contribution in [1.82, 2.24) is 25.0 Å². The molecule has 2 saturated heterocycles. The number of benzene rings is 1. The van der Waals surface area contributed by atoms with Gasteiger partial charge in [-0.1, -0.05) is 0 Å². The number of H-pyrrole nitrogens is 1. The molecule has 2 bridgehead atoms. The number of carbonyl (C=O) groups is 1. The molecule has 122 valence electrons. The Morgan fingerprint density at radius 1 is 1.33 bits per heavy atom. The molecule has 24 heavy (non-hydrogen) atoms. The number of hydrogen-bond acceptors (Lipinski definition) is 5. The summed E-state index contributed by atoms with van der Waals surface area (Å²) in [4.78, 5) is 21.7. The Labute approximate surface area is 143 Å². The molecule has 0 saturated carbocycles. The van der Waals surface area contributed by atoms with Crippen molar-refractivity contribution in [2.24, 2.45) is 0 Å². The van der Waals surface area contributed by atoms with E-state index in [0.717, 1.165) is 41.0 Å². The maximum absolute atomic E-state index is 13.0. The lowest BCUT2D eigenvalue weighted by molar-refractivity contribution is 0.0646. The van der Waals surface area contributed by atoms with Crippen molar-refractivity contribution >= 4 is 28.1 Å². The first kappa shape index (κ1) is 14.1. The average Bonchev–Trinajstić information content (AvgIpc) is 3.35. The molecule has 2 aliphatic heterocycles. The molecule has 1 unspecified atom stereocenters. The van der Waals surface area contributed by atoms with Gasteiger partial charge in [-0.2, -0.15) is 5.10 Å². The second kappa shape index (κ2) is 5.12. The van der Waals surface area contributed by atoms with E-state index in [1.165, 1.54) is 0 Å². The minimum atomic E-state index is 0.0399. The van der Waals surface area contributed by atoms with Gasteiger partial charge in [0.15, 0.2) is 5.69 Å². The summed E-state index contributed by atoms with van der Waals surface area (Å²) in [7, 11) is 2.14. The van der Waals surface area contributed by atoms with Gasteiger partial charge >= 0.3 is 0 Å². The lowest BCUT2D eigenvalue weighted by atomic mass is 10.1. The molecular weight excluding hydrogens is 322 g/mol. The van der Waals surface area contributed by atoms with E-state index in [2.05, 4.69) is 27.1 Å². The van der Waals surface area contributed by atoms with E-state index in [4.69, 9.17) is 0 Å². The zero-order valence-corrected chi connectivity index (χ0v) is 14.1. The van der Waals surface area contributed by atoms with E-state index in [1.807, 2.05) is 28.5 Å². The van der Waals surface area contributed by atoms with E-state index in [1.54, 1.807) is 17.5 Å². The van der Waals surface area contributed by atoms with Gasteiger partial charge in [-0.3, -0.25) is 14.8 Å². The van der Waals surface area contributed by atoms with Gasteiger partial charge in [-0.05, 0) is 31.7 Å². The molecule has 0 spiro atoms. The van der Waals surface area contributed by atoms with Crippen LogP contribution in [0.3, 0.4) is 0 Å². The zero-order valence-electron chi connectivity index (χ0n) is 13.3. The standard InChI is InChI=1S/C17H17N5OS/c1-21-8-12-7-11(21)9-22(12)17(23)15-13-6-10(16-18-4-5-24-16)2-3-14(13)19-20-15/h2-6,11-12H,7-9H2,1H3,(H,19,20)/t11-,12?/m0/s1. The number of piperazine rings is 1. The molecule has 2 aromatic heterocycles. The van der Waals surface area contributed by atoms with E-state index in [-0.39, 0.29) is 5.91 Å². The molecule has 4 heterocycles. The first-order valence-electron chi connectivity index (χ1n) is 8.10. The molecule has 2 atom stereocenters. The molecular formula is C17H17N5OS. The van der Waals surface area contributed by atoms with Gasteiger partial charge < -0.3 is 4.90 Å². The van der Waals surface area contributed by atoms with E-state index in [0.29, 0.717) is 17.8 Å². The van der Waals surface area contributed by atoms with Gasteiger partial charge in [0, 0.05) is 47.7 Å². The van der Waals surface area contributed by atoms with Gasteiger partial charge in [0.25, 0.3) is 5.91 Å². The minimum Gasteiger partial charge on any atom is -0.331 e. The van der Waals surface area contributed by atoms with Gasteiger partial charge in [0.05, 0.1) is 5.52 Å². The summed E-state index contributed by atoms with van der Waals surface area (Å²) >= 11 is 1.59. The van der Waals surface area contributed by atoms with Crippen molar-refractivity contribution in [2.45, 2.75) is 18.5 Å². The Hall–Kier alpha value is -2.25. The van der Waals surface area contributed by atoms with Gasteiger partial charge in [-0.15, -0.1) is 11.3 Å². The average molecular weight is 339 g/mol. The summed E-state index contributed by atoms with van der Waals surface area (Å²) in [6.45, 7) is 1.77. The van der Waals surface area contributed by atoms with E-state index in [9.17, 15) is 4.79 Å². The predicted molar refractivity (Wildman–Crippen MR) is 93.1 cm³/mol. The van der Waals surface area contributed by atoms with Gasteiger partial charge in [0.2, 0.25) is 0 Å². The number of amides is 1. The number of likely N-dealkylation sites (N-methyl/N-ethyl adjacent to an activating group) is 1. The highest BCUT2D eigenvalue weighted by Gasteiger charge is 2.44. The number of thiazole rings is 1. The third-order valence-corrected chi connectivity index (χ3v) is 6.04. The topological polar surface area (TPSA) is 65.1 Å². The Bertz CT molecular complexity index is 916. The van der Waals surface area contributed by atoms with Crippen LogP contribution in [-0.4, -0.2) is 63.1 Å². The number of aromatic nitrogens is 3. The van der Waals surface area contributed by atoms with Crippen LogP contribution in [0.2, 0.25) is 0 Å². The molecule has 1 N–H and O–H groups in total. The molecule has 3 aromatic rings. The highest BCUT2D eigenvalue weighted by Crippen LogP contribution is 2.32. The number of fused-ring (bicyclic) bond motifs is 3. The van der Waals surface area contributed by atoms with Crippen molar-refractivity contribution in [2.75, 3.05) is 20.1 Å². The second-order valence-electron chi connectivity index (χ2n) is 6.61. The number of likely N-dealkylation sites (tertiary alicyclic amines) is 2. The van der Waals surface area contributed by atoms with Crippen molar-refractivity contribution in [3.05, 3.63) is 35.5 Å². The molecule has 2 aliphatic rings. The molecule has 2 fully saturated rings. The molecule has 0 aliphatic carbocycles. The Balaban J connectivity index is 1.53. The van der Waals surface area contributed by atoms with E-state index < -0.39 is 0 Å². The Morgan fingerprint density at radius 3 is 2.96 bits per heavy atom. The molecule has 0 radical (unpaired) electrons. The van der Waals surface area contributed by atoms with Crippen molar-refractivity contribution in [1.29, 1.82) is 0 Å².